The first-order valence-corrected chi connectivity index (χ1v) is 4.53. The first-order valence-electron chi connectivity index (χ1n) is 4.53. The van der Waals surface area contributed by atoms with E-state index in [1.54, 1.807) is 6.92 Å². The molecule has 0 radical (unpaired) electrons. The number of unbranched alkanes of at least 4 members (excludes halogenated alkanes) is 1. The molecule has 0 rings (SSSR count). The van der Waals surface area contributed by atoms with E-state index >= 15 is 0 Å². The molecule has 0 unspecified atom stereocenters. The van der Waals surface area contributed by atoms with E-state index in [-0.39, 0.29) is 5.97 Å². The van der Waals surface area contributed by atoms with Gasteiger partial charge in [-0.05, 0) is 13.3 Å². The van der Waals surface area contributed by atoms with E-state index in [0.29, 0.717) is 18.7 Å². The third-order valence-corrected chi connectivity index (χ3v) is 1.47. The minimum absolute atomic E-state index is 0.332. The number of hydrogen-bond donors (Lipinski definition) is 2. The average molecular weight is 186 g/mol. The number of nitrogens with one attached hydrogen (secondary N) is 1. The predicted octanol–water partition coefficient (Wildman–Crippen LogP) is 0.739. The van der Waals surface area contributed by atoms with Crippen molar-refractivity contribution in [3.63, 3.8) is 0 Å². The van der Waals surface area contributed by atoms with Gasteiger partial charge in [-0.2, -0.15) is 5.48 Å². The third-order valence-electron chi connectivity index (χ3n) is 1.47. The normalized spacial score (nSPS) is 11.5. The Morgan fingerprint density at radius 1 is 1.62 bits per heavy atom. The maximum atomic E-state index is 11.1. The lowest BCUT2D eigenvalue weighted by atomic mass is 10.2. The quantitative estimate of drug-likeness (QED) is 0.365. The molecule has 4 nitrogen and oxygen atoms in total. The fourth-order valence-electron chi connectivity index (χ4n) is 0.700. The molecule has 0 aliphatic carbocycles. The zero-order chi connectivity index (χ0) is 10.1. The Bertz CT molecular complexity index is 178. The Hall–Kier alpha value is -0.870. The summed E-state index contributed by atoms with van der Waals surface area (Å²) in [6.45, 7) is 4.72. The van der Waals surface area contributed by atoms with Crippen LogP contribution in [0.15, 0.2) is 11.6 Å². The van der Waals surface area contributed by atoms with Crippen LogP contribution in [0.2, 0.25) is 0 Å². The first kappa shape index (κ1) is 12.1. The van der Waals surface area contributed by atoms with Crippen LogP contribution in [0.5, 0.6) is 0 Å². The second-order valence-electron chi connectivity index (χ2n) is 2.75. The standard InChI is InChI=1S/C9H18N2O2/c1-3-4-5-8(2)9(12)13-11-7-6-10/h5,11H,3-4,6-7,10H2,1-2H3. The summed E-state index contributed by atoms with van der Waals surface area (Å²) in [5.74, 6) is -0.332. The topological polar surface area (TPSA) is 64.3 Å². The van der Waals surface area contributed by atoms with Gasteiger partial charge in [-0.1, -0.05) is 19.4 Å². The van der Waals surface area contributed by atoms with Crippen LogP contribution in [0.4, 0.5) is 0 Å². The van der Waals surface area contributed by atoms with Crippen molar-refractivity contribution < 1.29 is 9.63 Å². The maximum Gasteiger partial charge on any atom is 0.352 e. The molecule has 0 saturated heterocycles. The highest BCUT2D eigenvalue weighted by atomic mass is 16.7. The minimum Gasteiger partial charge on any atom is -0.367 e. The monoisotopic (exact) mass is 186 g/mol. The lowest BCUT2D eigenvalue weighted by molar-refractivity contribution is -0.146. The molecule has 0 aromatic carbocycles. The summed E-state index contributed by atoms with van der Waals surface area (Å²) in [6, 6.07) is 0. The summed E-state index contributed by atoms with van der Waals surface area (Å²) < 4.78 is 0. The van der Waals surface area contributed by atoms with E-state index in [1.807, 2.05) is 6.08 Å². The second-order valence-corrected chi connectivity index (χ2v) is 2.75. The maximum absolute atomic E-state index is 11.1. The Morgan fingerprint density at radius 2 is 2.31 bits per heavy atom. The van der Waals surface area contributed by atoms with Crippen LogP contribution >= 0.6 is 0 Å². The van der Waals surface area contributed by atoms with Crippen molar-refractivity contribution in [3.05, 3.63) is 11.6 Å². The molecule has 0 aromatic rings. The van der Waals surface area contributed by atoms with Crippen LogP contribution in [-0.2, 0) is 9.63 Å². The number of rotatable bonds is 6. The van der Waals surface area contributed by atoms with Gasteiger partial charge in [0.1, 0.15) is 0 Å². The predicted molar refractivity (Wildman–Crippen MR) is 51.8 cm³/mol. The van der Waals surface area contributed by atoms with Gasteiger partial charge in [-0.3, -0.25) is 0 Å². The molecule has 76 valence electrons. The van der Waals surface area contributed by atoms with Crippen molar-refractivity contribution in [2.24, 2.45) is 5.73 Å². The van der Waals surface area contributed by atoms with Gasteiger partial charge in [0.15, 0.2) is 0 Å². The lowest BCUT2D eigenvalue weighted by Gasteiger charge is -2.03. The van der Waals surface area contributed by atoms with Gasteiger partial charge in [-0.15, -0.1) is 0 Å². The van der Waals surface area contributed by atoms with E-state index in [4.69, 9.17) is 10.6 Å². The van der Waals surface area contributed by atoms with Crippen molar-refractivity contribution in [1.82, 2.24) is 5.48 Å². The highest BCUT2D eigenvalue weighted by Crippen LogP contribution is 1.99. The van der Waals surface area contributed by atoms with E-state index in [1.165, 1.54) is 0 Å². The molecule has 0 amide bonds. The lowest BCUT2D eigenvalue weighted by Crippen LogP contribution is -2.26. The van der Waals surface area contributed by atoms with E-state index in [2.05, 4.69) is 12.4 Å². The van der Waals surface area contributed by atoms with E-state index in [0.717, 1.165) is 12.8 Å². The second kappa shape index (κ2) is 7.76. The molecule has 4 heteroatoms. The van der Waals surface area contributed by atoms with Crippen LogP contribution in [0.1, 0.15) is 26.7 Å². The molecule has 13 heavy (non-hydrogen) atoms. The molecule has 0 heterocycles. The van der Waals surface area contributed by atoms with Gasteiger partial charge in [0.2, 0.25) is 0 Å². The highest BCUT2D eigenvalue weighted by molar-refractivity contribution is 5.87. The van der Waals surface area contributed by atoms with E-state index in [9.17, 15) is 4.79 Å². The number of allylic oxidation sites excluding steroid dienone is 1. The van der Waals surface area contributed by atoms with Crippen LogP contribution in [0, 0.1) is 0 Å². The summed E-state index contributed by atoms with van der Waals surface area (Å²) in [5.41, 5.74) is 8.31. The number of hydroxylamine groups is 1. The average Bonchev–Trinajstić information content (AvgIpc) is 2.14. The first-order chi connectivity index (χ1) is 6.22. The minimum atomic E-state index is -0.332. The van der Waals surface area contributed by atoms with Gasteiger partial charge in [0, 0.05) is 18.7 Å². The molecular weight excluding hydrogens is 168 g/mol. The van der Waals surface area contributed by atoms with Crippen molar-refractivity contribution in [2.75, 3.05) is 13.1 Å². The number of nitrogens with two attached hydrogens (primary N) is 1. The smallest absolute Gasteiger partial charge is 0.352 e. The molecule has 0 aromatic heterocycles. The number of hydrogen-bond acceptors (Lipinski definition) is 4. The van der Waals surface area contributed by atoms with Crippen molar-refractivity contribution in [3.8, 4) is 0 Å². The SMILES string of the molecule is CCCC=C(C)C(=O)ONCCN. The summed E-state index contributed by atoms with van der Waals surface area (Å²) in [4.78, 5) is 15.8. The van der Waals surface area contributed by atoms with Crippen molar-refractivity contribution in [1.29, 1.82) is 0 Å². The van der Waals surface area contributed by atoms with Crippen molar-refractivity contribution >= 4 is 5.97 Å². The molecular formula is C9H18N2O2. The van der Waals surface area contributed by atoms with Gasteiger partial charge >= 0.3 is 5.97 Å². The molecule has 0 atom stereocenters. The Kier molecular flexibility index (Phi) is 7.24. The number of carbonyl (C=O) groups excluding carboxylic acids is 1. The molecule has 0 aliphatic rings. The van der Waals surface area contributed by atoms with Gasteiger partial charge < -0.3 is 10.6 Å². The van der Waals surface area contributed by atoms with Crippen LogP contribution in [-0.4, -0.2) is 19.1 Å². The largest absolute Gasteiger partial charge is 0.367 e. The van der Waals surface area contributed by atoms with Crippen LogP contribution < -0.4 is 11.2 Å². The summed E-state index contributed by atoms with van der Waals surface area (Å²) >= 11 is 0. The van der Waals surface area contributed by atoms with Crippen LogP contribution in [0.25, 0.3) is 0 Å². The zero-order valence-corrected chi connectivity index (χ0v) is 8.30. The van der Waals surface area contributed by atoms with E-state index < -0.39 is 0 Å². The summed E-state index contributed by atoms with van der Waals surface area (Å²) in [5, 5.41) is 0. The molecule has 0 bridgehead atoms. The molecule has 0 aliphatic heterocycles. The van der Waals surface area contributed by atoms with Gasteiger partial charge in [-0.25, -0.2) is 4.79 Å². The Balaban J connectivity index is 3.69. The summed E-state index contributed by atoms with van der Waals surface area (Å²) in [6.07, 6.45) is 3.80. The zero-order valence-electron chi connectivity index (χ0n) is 8.30. The molecule has 0 spiro atoms. The van der Waals surface area contributed by atoms with Gasteiger partial charge in [0.05, 0.1) is 0 Å². The van der Waals surface area contributed by atoms with Crippen LogP contribution in [0.3, 0.4) is 0 Å². The molecule has 0 saturated carbocycles. The van der Waals surface area contributed by atoms with Gasteiger partial charge in [0.25, 0.3) is 0 Å². The fraction of sp³-hybridized carbons (Fsp3) is 0.667. The molecule has 3 N–H and O–H groups in total. The number of carbonyl (C=O) groups is 1. The summed E-state index contributed by atoms with van der Waals surface area (Å²) in [7, 11) is 0. The Morgan fingerprint density at radius 3 is 2.85 bits per heavy atom. The van der Waals surface area contributed by atoms with Crippen molar-refractivity contribution in [2.45, 2.75) is 26.7 Å². The third kappa shape index (κ3) is 6.31. The molecule has 0 fully saturated rings. The Labute approximate surface area is 79.1 Å². The highest BCUT2D eigenvalue weighted by Gasteiger charge is 2.03. The fourth-order valence-corrected chi connectivity index (χ4v) is 0.700.